The van der Waals surface area contributed by atoms with E-state index in [1.165, 1.54) is 12.3 Å². The van der Waals surface area contributed by atoms with Crippen LogP contribution in [0.4, 0.5) is 10.2 Å². The van der Waals surface area contributed by atoms with E-state index < -0.39 is 5.82 Å². The molecule has 180 valence electrons. The Morgan fingerprint density at radius 3 is 2.71 bits per heavy atom. The molecule has 2 aliphatic rings. The summed E-state index contributed by atoms with van der Waals surface area (Å²) in [6, 6.07) is 3.22. The molecule has 2 heterocycles. The molecular weight excluding hydrogens is 449 g/mol. The number of benzene rings is 1. The van der Waals surface area contributed by atoms with Crippen molar-refractivity contribution >= 4 is 29.3 Å². The summed E-state index contributed by atoms with van der Waals surface area (Å²) in [6.45, 7) is 2.19. The summed E-state index contributed by atoms with van der Waals surface area (Å²) in [7, 11) is 3.38. The molecule has 0 saturated heterocycles. The van der Waals surface area contributed by atoms with Gasteiger partial charge in [0.1, 0.15) is 23.2 Å². The van der Waals surface area contributed by atoms with E-state index in [0.717, 1.165) is 12.8 Å². The minimum absolute atomic E-state index is 0.000526. The van der Waals surface area contributed by atoms with Crippen molar-refractivity contribution in [3.8, 4) is 17.1 Å². The van der Waals surface area contributed by atoms with E-state index in [2.05, 4.69) is 20.6 Å². The summed E-state index contributed by atoms with van der Waals surface area (Å²) in [6.07, 6.45) is 8.70. The van der Waals surface area contributed by atoms with Crippen LogP contribution in [0.1, 0.15) is 46.8 Å². The molecule has 2 amide bonds. The van der Waals surface area contributed by atoms with Crippen LogP contribution in [0, 0.1) is 11.7 Å². The Bertz CT molecular complexity index is 1370. The van der Waals surface area contributed by atoms with Gasteiger partial charge in [-0.05, 0) is 49.1 Å². The number of fused-ring (bicyclic) bond motifs is 1. The second kappa shape index (κ2) is 8.98. The first-order chi connectivity index (χ1) is 16.9. The number of carbonyl (C=O) groups is 2. The first kappa shape index (κ1) is 22.8. The fourth-order valence-corrected chi connectivity index (χ4v) is 4.41. The van der Waals surface area contributed by atoms with Crippen LogP contribution >= 0.6 is 0 Å². The van der Waals surface area contributed by atoms with Crippen molar-refractivity contribution in [2.75, 3.05) is 19.0 Å². The molecule has 35 heavy (non-hydrogen) atoms. The minimum Gasteiger partial charge on any atom is -0.493 e. The lowest BCUT2D eigenvalue weighted by atomic mass is 9.99. The van der Waals surface area contributed by atoms with Crippen molar-refractivity contribution in [3.05, 3.63) is 58.8 Å². The van der Waals surface area contributed by atoms with Crippen LogP contribution in [0.3, 0.4) is 0 Å². The summed E-state index contributed by atoms with van der Waals surface area (Å²) in [5, 5.41) is 5.52. The van der Waals surface area contributed by atoms with Gasteiger partial charge in [-0.3, -0.25) is 9.59 Å². The monoisotopic (exact) mass is 475 g/mol. The van der Waals surface area contributed by atoms with Gasteiger partial charge in [-0.1, -0.05) is 0 Å². The number of carbonyl (C=O) groups excluding carboxylic acids is 2. The number of imidazole rings is 1. The van der Waals surface area contributed by atoms with E-state index in [9.17, 15) is 9.59 Å². The van der Waals surface area contributed by atoms with Gasteiger partial charge >= 0.3 is 0 Å². The highest BCUT2D eigenvalue weighted by atomic mass is 19.1. The summed E-state index contributed by atoms with van der Waals surface area (Å²) < 4.78 is 23.3. The molecule has 5 rings (SSSR count). The first-order valence-electron chi connectivity index (χ1n) is 11.6. The molecular formula is C26H26FN5O3. The Morgan fingerprint density at radius 2 is 2.06 bits per heavy atom. The third kappa shape index (κ3) is 4.18. The number of allylic oxidation sites excluding steroid dienone is 1. The van der Waals surface area contributed by atoms with Gasteiger partial charge in [0.25, 0.3) is 5.91 Å². The van der Waals surface area contributed by atoms with E-state index in [0.29, 0.717) is 63.8 Å². The minimum atomic E-state index is -0.453. The van der Waals surface area contributed by atoms with Crippen LogP contribution in [0.15, 0.2) is 30.7 Å². The fraction of sp³-hybridized carbons (Fsp3) is 0.308. The number of nitrogens with zero attached hydrogens (tertiary/aromatic N) is 3. The van der Waals surface area contributed by atoms with Gasteiger partial charge in [0.2, 0.25) is 5.91 Å². The highest BCUT2D eigenvalue weighted by Gasteiger charge is 2.32. The number of aryl methyl sites for hydroxylation is 1. The van der Waals surface area contributed by atoms with Crippen molar-refractivity contribution in [2.24, 2.45) is 13.0 Å². The molecule has 2 aliphatic carbocycles. The van der Waals surface area contributed by atoms with E-state index in [4.69, 9.17) is 4.74 Å². The summed E-state index contributed by atoms with van der Waals surface area (Å²) >= 11 is 0. The lowest BCUT2D eigenvalue weighted by Crippen LogP contribution is -2.21. The predicted octanol–water partition coefficient (Wildman–Crippen LogP) is 3.82. The third-order valence-corrected chi connectivity index (χ3v) is 6.33. The number of hydrogen-bond donors (Lipinski definition) is 2. The van der Waals surface area contributed by atoms with Crippen molar-refractivity contribution in [1.29, 1.82) is 0 Å². The van der Waals surface area contributed by atoms with Crippen molar-refractivity contribution in [2.45, 2.75) is 26.2 Å². The SMILES string of the molecule is CCOc1cc(-c2nccn2C)cc(F)c1C1=Cc2c(C(=O)NC)cnc(NC(=O)C3CC3)c2C1. The van der Waals surface area contributed by atoms with E-state index in [-0.39, 0.29) is 17.7 Å². The Hall–Kier alpha value is -4.01. The maximum Gasteiger partial charge on any atom is 0.253 e. The van der Waals surface area contributed by atoms with Gasteiger partial charge < -0.3 is 19.9 Å². The van der Waals surface area contributed by atoms with Crippen LogP contribution < -0.4 is 15.4 Å². The van der Waals surface area contributed by atoms with Crippen molar-refractivity contribution < 1.29 is 18.7 Å². The average molecular weight is 476 g/mol. The maximum absolute atomic E-state index is 15.7. The topological polar surface area (TPSA) is 98.1 Å². The molecule has 0 atom stereocenters. The molecule has 2 aromatic heterocycles. The summed E-state index contributed by atoms with van der Waals surface area (Å²) in [5.41, 5.74) is 3.24. The fourth-order valence-electron chi connectivity index (χ4n) is 4.41. The molecule has 2 N–H and O–H groups in total. The van der Waals surface area contributed by atoms with E-state index in [1.54, 1.807) is 31.6 Å². The molecule has 8 nitrogen and oxygen atoms in total. The highest BCUT2D eigenvalue weighted by molar-refractivity contribution is 6.05. The van der Waals surface area contributed by atoms with Crippen molar-refractivity contribution in [1.82, 2.24) is 19.9 Å². The van der Waals surface area contributed by atoms with Crippen LogP contribution in [0.25, 0.3) is 23.0 Å². The normalized spacial score (nSPS) is 14.3. The number of halogens is 1. The van der Waals surface area contributed by atoms with E-state index >= 15 is 4.39 Å². The summed E-state index contributed by atoms with van der Waals surface area (Å²) in [5.74, 6) is 0.577. The van der Waals surface area contributed by atoms with Crippen LogP contribution in [0.5, 0.6) is 5.75 Å². The molecule has 1 aromatic carbocycles. The Kier molecular flexibility index (Phi) is 5.84. The van der Waals surface area contributed by atoms with Gasteiger partial charge in [0.05, 0.1) is 17.7 Å². The number of rotatable bonds is 7. The maximum atomic E-state index is 15.7. The smallest absolute Gasteiger partial charge is 0.253 e. The Labute approximate surface area is 202 Å². The van der Waals surface area contributed by atoms with Gasteiger partial charge in [-0.25, -0.2) is 14.4 Å². The average Bonchev–Trinajstić information content (AvgIpc) is 3.46. The zero-order valence-electron chi connectivity index (χ0n) is 19.8. The molecule has 0 spiro atoms. The zero-order valence-corrected chi connectivity index (χ0v) is 19.8. The second-order valence-electron chi connectivity index (χ2n) is 8.73. The van der Waals surface area contributed by atoms with Crippen molar-refractivity contribution in [3.63, 3.8) is 0 Å². The standard InChI is InChI=1S/C26H26FN5O3/c1-4-35-21-12-16(24-29-7-8-32(24)3)11-20(27)22(21)15-9-17-18(10-15)23(31-25(33)14-5-6-14)30-13-19(17)26(34)28-2/h7-9,11-14H,4-6,10H2,1-3H3,(H,28,34)(H,30,31,33). The molecule has 3 aromatic rings. The van der Waals surface area contributed by atoms with Gasteiger partial charge in [-0.2, -0.15) is 0 Å². The Balaban J connectivity index is 1.59. The quantitative estimate of drug-likeness (QED) is 0.541. The number of anilines is 1. The Morgan fingerprint density at radius 1 is 1.26 bits per heavy atom. The largest absolute Gasteiger partial charge is 0.493 e. The predicted molar refractivity (Wildman–Crippen MR) is 130 cm³/mol. The number of pyridine rings is 1. The lowest BCUT2D eigenvalue weighted by molar-refractivity contribution is -0.117. The highest BCUT2D eigenvalue weighted by Crippen LogP contribution is 2.42. The second-order valence-corrected chi connectivity index (χ2v) is 8.73. The molecule has 0 bridgehead atoms. The molecule has 0 radical (unpaired) electrons. The number of amides is 2. The number of aromatic nitrogens is 3. The number of hydrogen-bond acceptors (Lipinski definition) is 5. The van der Waals surface area contributed by atoms with Crippen LogP contribution in [0.2, 0.25) is 0 Å². The van der Waals surface area contributed by atoms with Crippen LogP contribution in [-0.4, -0.2) is 40.0 Å². The lowest BCUT2D eigenvalue weighted by Gasteiger charge is -2.15. The van der Waals surface area contributed by atoms with Gasteiger partial charge in [0, 0.05) is 56.2 Å². The molecule has 1 fully saturated rings. The van der Waals surface area contributed by atoms with Gasteiger partial charge in [0.15, 0.2) is 0 Å². The molecule has 1 saturated carbocycles. The number of nitrogens with one attached hydrogen (secondary N) is 2. The van der Waals surface area contributed by atoms with Crippen LogP contribution in [-0.2, 0) is 18.3 Å². The molecule has 9 heteroatoms. The molecule has 0 unspecified atom stereocenters. The van der Waals surface area contributed by atoms with E-state index in [1.807, 2.05) is 18.5 Å². The third-order valence-electron chi connectivity index (χ3n) is 6.33. The zero-order chi connectivity index (χ0) is 24.7. The van der Waals surface area contributed by atoms with Gasteiger partial charge in [-0.15, -0.1) is 0 Å². The number of ether oxygens (including phenoxy) is 1. The first-order valence-corrected chi connectivity index (χ1v) is 11.6. The molecule has 0 aliphatic heterocycles. The summed E-state index contributed by atoms with van der Waals surface area (Å²) in [4.78, 5) is 33.7.